The highest BCUT2D eigenvalue weighted by molar-refractivity contribution is 5.99. The summed E-state index contributed by atoms with van der Waals surface area (Å²) in [5.41, 5.74) is 8.39. The second-order valence-electron chi connectivity index (χ2n) is 8.93. The minimum atomic E-state index is -0.592. The van der Waals surface area contributed by atoms with Crippen LogP contribution in [-0.2, 0) is 13.2 Å². The fourth-order valence-electron chi connectivity index (χ4n) is 4.81. The van der Waals surface area contributed by atoms with Gasteiger partial charge in [0.2, 0.25) is 0 Å². The zero-order valence-corrected chi connectivity index (χ0v) is 20.7. The van der Waals surface area contributed by atoms with Crippen molar-refractivity contribution in [2.75, 3.05) is 6.61 Å². The Labute approximate surface area is 212 Å². The highest BCUT2D eigenvalue weighted by atomic mass is 16.5. The van der Waals surface area contributed by atoms with Crippen molar-refractivity contribution in [3.05, 3.63) is 98.9 Å². The van der Waals surface area contributed by atoms with Gasteiger partial charge in [-0.3, -0.25) is 14.1 Å². The predicted octanol–water partition coefficient (Wildman–Crippen LogP) is 4.73. The molecule has 0 amide bonds. The number of imidazole rings is 1. The number of benzene rings is 2. The first-order chi connectivity index (χ1) is 18.0. The maximum atomic E-state index is 11.7. The van der Waals surface area contributed by atoms with E-state index in [2.05, 4.69) is 33.3 Å². The molecule has 0 saturated carbocycles. The van der Waals surface area contributed by atoms with Crippen molar-refractivity contribution >= 4 is 22.3 Å². The van der Waals surface area contributed by atoms with Crippen LogP contribution >= 0.6 is 0 Å². The van der Waals surface area contributed by atoms with Crippen molar-refractivity contribution in [2.24, 2.45) is 0 Å². The van der Waals surface area contributed by atoms with Gasteiger partial charge in [-0.2, -0.15) is 4.98 Å². The van der Waals surface area contributed by atoms with Gasteiger partial charge in [-0.25, -0.2) is 9.78 Å². The lowest BCUT2D eigenvalue weighted by Crippen LogP contribution is -2.07. The molecule has 9 nitrogen and oxygen atoms in total. The Morgan fingerprint density at radius 2 is 2.03 bits per heavy atom. The van der Waals surface area contributed by atoms with Crippen LogP contribution in [0.15, 0.2) is 64.0 Å². The molecule has 1 aliphatic heterocycles. The third-order valence-corrected chi connectivity index (χ3v) is 6.56. The van der Waals surface area contributed by atoms with Gasteiger partial charge in [0, 0.05) is 17.3 Å². The van der Waals surface area contributed by atoms with Gasteiger partial charge in [0.1, 0.15) is 17.9 Å². The van der Waals surface area contributed by atoms with E-state index in [0.29, 0.717) is 31.6 Å². The second-order valence-corrected chi connectivity index (χ2v) is 8.93. The molecule has 1 N–H and O–H groups in total. The Morgan fingerprint density at radius 3 is 2.84 bits per heavy atom. The molecule has 0 spiro atoms. The summed E-state index contributed by atoms with van der Waals surface area (Å²) in [5, 5.41) is 3.93. The number of rotatable bonds is 5. The van der Waals surface area contributed by atoms with Crippen LogP contribution in [0.4, 0.5) is 0 Å². The average Bonchev–Trinajstić information content (AvgIpc) is 3.44. The monoisotopic (exact) mass is 495 g/mol. The van der Waals surface area contributed by atoms with Crippen LogP contribution in [-0.4, -0.2) is 31.3 Å². The lowest BCUT2D eigenvalue weighted by atomic mass is 9.89. The smallest absolute Gasteiger partial charge is 0.439 e. The SMILES string of the molecule is CCOc1nc2c(C)ccnc2n1Cc1ccc2c(c1)COc1ccccc1C2=C(C)c1noc(=O)[nH]1. The van der Waals surface area contributed by atoms with E-state index in [1.54, 1.807) is 6.20 Å². The molecule has 0 radical (unpaired) electrons. The summed E-state index contributed by atoms with van der Waals surface area (Å²) < 4.78 is 18.9. The number of H-pyrrole nitrogens is 1. The van der Waals surface area contributed by atoms with Gasteiger partial charge in [-0.15, -0.1) is 0 Å². The van der Waals surface area contributed by atoms with Crippen LogP contribution in [0.2, 0.25) is 0 Å². The van der Waals surface area contributed by atoms with E-state index < -0.39 is 5.76 Å². The van der Waals surface area contributed by atoms with Gasteiger partial charge in [-0.1, -0.05) is 35.5 Å². The molecule has 37 heavy (non-hydrogen) atoms. The topological polar surface area (TPSA) is 108 Å². The highest BCUT2D eigenvalue weighted by Gasteiger charge is 2.24. The molecule has 0 fully saturated rings. The standard InChI is InChI=1S/C28H25N5O4/c1-4-35-27-30-24-16(2)11-12-29-26(24)33(27)14-18-9-10-20-19(13-18)15-36-22-8-6-5-7-21(22)23(20)17(3)25-31-28(34)37-32-25/h5-13H,4,14-15H2,1-3H3,(H,31,32,34). The summed E-state index contributed by atoms with van der Waals surface area (Å²) in [4.78, 5) is 23.6. The Balaban J connectivity index is 1.48. The van der Waals surface area contributed by atoms with E-state index in [4.69, 9.17) is 19.0 Å². The van der Waals surface area contributed by atoms with Crippen LogP contribution in [0.1, 0.15) is 47.5 Å². The summed E-state index contributed by atoms with van der Waals surface area (Å²) >= 11 is 0. The number of aromatic nitrogens is 5. The fraction of sp³-hybridized carbons (Fsp3) is 0.214. The second kappa shape index (κ2) is 9.09. The number of hydrogen-bond acceptors (Lipinski definition) is 7. The maximum absolute atomic E-state index is 11.7. The van der Waals surface area contributed by atoms with Crippen molar-refractivity contribution < 1.29 is 14.0 Å². The van der Waals surface area contributed by atoms with Gasteiger partial charge in [0.15, 0.2) is 11.5 Å². The van der Waals surface area contributed by atoms with Crippen LogP contribution in [0.5, 0.6) is 11.8 Å². The molecule has 186 valence electrons. The van der Waals surface area contributed by atoms with Crippen LogP contribution < -0.4 is 15.2 Å². The van der Waals surface area contributed by atoms with Gasteiger partial charge in [-0.05, 0) is 66.8 Å². The molecule has 1 aliphatic rings. The molecule has 0 aliphatic carbocycles. The van der Waals surface area contributed by atoms with Crippen molar-refractivity contribution in [3.8, 4) is 11.8 Å². The van der Waals surface area contributed by atoms with E-state index in [-0.39, 0.29) is 0 Å². The van der Waals surface area contributed by atoms with E-state index >= 15 is 0 Å². The average molecular weight is 496 g/mol. The predicted molar refractivity (Wildman–Crippen MR) is 138 cm³/mol. The van der Waals surface area contributed by atoms with E-state index in [1.165, 1.54) is 0 Å². The first-order valence-corrected chi connectivity index (χ1v) is 12.1. The number of hydrogen-bond donors (Lipinski definition) is 1. The van der Waals surface area contributed by atoms with Gasteiger partial charge in [0.25, 0.3) is 6.01 Å². The molecular weight excluding hydrogens is 470 g/mol. The summed E-state index contributed by atoms with van der Waals surface area (Å²) in [6.45, 7) is 7.33. The van der Waals surface area contributed by atoms with Crippen molar-refractivity contribution in [2.45, 2.75) is 33.9 Å². The fourth-order valence-corrected chi connectivity index (χ4v) is 4.81. The normalized spacial score (nSPS) is 14.0. The van der Waals surface area contributed by atoms with Gasteiger partial charge < -0.3 is 9.47 Å². The van der Waals surface area contributed by atoms with E-state index in [9.17, 15) is 4.79 Å². The number of fused-ring (bicyclic) bond motifs is 3. The minimum Gasteiger partial charge on any atom is -0.488 e. The van der Waals surface area contributed by atoms with E-state index in [1.807, 2.05) is 55.7 Å². The molecule has 2 aromatic carbocycles. The largest absolute Gasteiger partial charge is 0.488 e. The van der Waals surface area contributed by atoms with Crippen molar-refractivity contribution in [1.29, 1.82) is 0 Å². The molecule has 0 bridgehead atoms. The maximum Gasteiger partial charge on any atom is 0.439 e. The lowest BCUT2D eigenvalue weighted by Gasteiger charge is -2.15. The Bertz CT molecular complexity index is 1730. The molecule has 0 saturated heterocycles. The zero-order valence-electron chi connectivity index (χ0n) is 20.7. The van der Waals surface area contributed by atoms with Crippen molar-refractivity contribution in [1.82, 2.24) is 24.7 Å². The third-order valence-electron chi connectivity index (χ3n) is 6.56. The molecule has 4 heterocycles. The first-order valence-electron chi connectivity index (χ1n) is 12.1. The van der Waals surface area contributed by atoms with Crippen LogP contribution in [0.25, 0.3) is 22.3 Å². The molecular formula is C28H25N5O4. The number of aryl methyl sites for hydroxylation is 1. The quantitative estimate of drug-likeness (QED) is 0.375. The molecule has 9 heteroatoms. The Kier molecular flexibility index (Phi) is 5.60. The molecule has 6 rings (SSSR count). The van der Waals surface area contributed by atoms with Crippen LogP contribution in [0.3, 0.4) is 0 Å². The summed E-state index contributed by atoms with van der Waals surface area (Å²) in [6, 6.07) is 16.7. The Morgan fingerprint density at radius 1 is 1.16 bits per heavy atom. The highest BCUT2D eigenvalue weighted by Crippen LogP contribution is 2.40. The zero-order chi connectivity index (χ0) is 25.5. The molecule has 3 aromatic heterocycles. The minimum absolute atomic E-state index is 0.388. The molecule has 5 aromatic rings. The first kappa shape index (κ1) is 22.8. The lowest BCUT2D eigenvalue weighted by molar-refractivity contribution is 0.300. The summed E-state index contributed by atoms with van der Waals surface area (Å²) in [6.07, 6.45) is 1.79. The molecule has 0 atom stereocenters. The number of allylic oxidation sites excluding steroid dienone is 1. The number of aromatic amines is 1. The van der Waals surface area contributed by atoms with Gasteiger partial charge in [0.05, 0.1) is 13.2 Å². The van der Waals surface area contributed by atoms with Crippen molar-refractivity contribution in [3.63, 3.8) is 0 Å². The number of para-hydroxylation sites is 1. The number of nitrogens with zero attached hydrogens (tertiary/aromatic N) is 4. The summed E-state index contributed by atoms with van der Waals surface area (Å²) in [5.74, 6) is 0.559. The van der Waals surface area contributed by atoms with Crippen LogP contribution in [0, 0.1) is 6.92 Å². The number of pyridine rings is 1. The van der Waals surface area contributed by atoms with Gasteiger partial charge >= 0.3 is 5.76 Å². The summed E-state index contributed by atoms with van der Waals surface area (Å²) in [7, 11) is 0. The number of nitrogens with one attached hydrogen (secondary N) is 1. The molecule has 0 unspecified atom stereocenters. The number of ether oxygens (including phenoxy) is 2. The third kappa shape index (κ3) is 3.98. The Hall–Kier alpha value is -4.66. The van der Waals surface area contributed by atoms with E-state index in [0.717, 1.165) is 55.9 Å².